The zero-order chi connectivity index (χ0) is 9.03. The lowest BCUT2D eigenvalue weighted by atomic mass is 10.0. The number of rotatable bonds is 2. The van der Waals surface area contributed by atoms with Gasteiger partial charge in [0.25, 0.3) is 10.0 Å². The van der Waals surface area contributed by atoms with Crippen LogP contribution in [0.15, 0.2) is 9.63 Å². The molecule has 0 bridgehead atoms. The molecule has 0 heterocycles. The Balaban J connectivity index is 2.67. The lowest BCUT2D eigenvalue weighted by Crippen LogP contribution is -2.21. The maximum absolute atomic E-state index is 11.3. The van der Waals surface area contributed by atoms with Crippen LogP contribution in [0.25, 0.3) is 0 Å². The molecule has 0 aliphatic heterocycles. The van der Waals surface area contributed by atoms with Crippen molar-refractivity contribution < 1.29 is 8.42 Å². The Bertz CT molecular complexity index is 253. The van der Waals surface area contributed by atoms with E-state index in [0.717, 1.165) is 32.1 Å². The summed E-state index contributed by atoms with van der Waals surface area (Å²) in [5.41, 5.74) is 0. The van der Waals surface area contributed by atoms with Crippen LogP contribution >= 0.6 is 0 Å². The van der Waals surface area contributed by atoms with Gasteiger partial charge in [-0.15, -0.1) is 0 Å². The first-order valence-electron chi connectivity index (χ1n) is 4.22. The predicted octanol–water partition coefficient (Wildman–Crippen LogP) is 1.73. The van der Waals surface area contributed by atoms with Crippen molar-refractivity contribution in [3.05, 3.63) is 0 Å². The van der Waals surface area contributed by atoms with Crippen LogP contribution in [0.5, 0.6) is 0 Å². The molecule has 12 heavy (non-hydrogen) atoms. The predicted molar refractivity (Wildman–Crippen MR) is 46.6 cm³/mol. The van der Waals surface area contributed by atoms with Crippen molar-refractivity contribution in [2.24, 2.45) is 9.63 Å². The fourth-order valence-electron chi connectivity index (χ4n) is 1.54. The molecule has 1 aliphatic carbocycles. The van der Waals surface area contributed by atoms with Gasteiger partial charge in [-0.05, 0) is 12.8 Å². The van der Waals surface area contributed by atoms with Crippen LogP contribution in [0.1, 0.15) is 32.1 Å². The normalized spacial score (nSPS) is 21.8. The monoisotopic (exact) mass is 190 g/mol. The maximum atomic E-state index is 11.3. The van der Waals surface area contributed by atoms with E-state index in [0.29, 0.717) is 0 Å². The summed E-state index contributed by atoms with van der Waals surface area (Å²) in [6, 6.07) is 0. The van der Waals surface area contributed by atoms with Gasteiger partial charge < -0.3 is 0 Å². The van der Waals surface area contributed by atoms with Crippen LogP contribution in [0.4, 0.5) is 0 Å². The molecule has 0 saturated heterocycles. The molecule has 0 radical (unpaired) electrons. The summed E-state index contributed by atoms with van der Waals surface area (Å²) in [6.07, 6.45) is 4.66. The van der Waals surface area contributed by atoms with Crippen LogP contribution < -0.4 is 0 Å². The van der Waals surface area contributed by atoms with Gasteiger partial charge in [0.1, 0.15) is 0 Å². The minimum atomic E-state index is -3.28. The molecule has 0 spiro atoms. The van der Waals surface area contributed by atoms with Crippen LogP contribution in [-0.2, 0) is 10.0 Å². The minimum absolute atomic E-state index is 0.269. The first kappa shape index (κ1) is 9.64. The second-order valence-electron chi connectivity index (χ2n) is 3.06. The zero-order valence-corrected chi connectivity index (χ0v) is 8.05. The lowest BCUT2D eigenvalue weighted by molar-refractivity contribution is 0.483. The van der Waals surface area contributed by atoms with Crippen molar-refractivity contribution in [2.45, 2.75) is 37.4 Å². The molecule has 1 saturated carbocycles. The number of nitrogens with zero attached hydrogens (tertiary/aromatic N) is 2. The van der Waals surface area contributed by atoms with Gasteiger partial charge in [0.15, 0.2) is 0 Å². The number of hydrogen-bond acceptors (Lipinski definition) is 3. The maximum Gasteiger partial charge on any atom is 0.273 e. The molecule has 1 fully saturated rings. The second kappa shape index (κ2) is 3.98. The SMILES string of the molecule is CN=NS(=O)(=O)C1CCCCC1. The summed E-state index contributed by atoms with van der Waals surface area (Å²) in [6.45, 7) is 0. The molecule has 0 aromatic rings. The van der Waals surface area contributed by atoms with E-state index in [1.54, 1.807) is 0 Å². The Morgan fingerprint density at radius 2 is 1.75 bits per heavy atom. The van der Waals surface area contributed by atoms with E-state index >= 15 is 0 Å². The molecule has 1 aliphatic rings. The molecule has 5 heteroatoms. The van der Waals surface area contributed by atoms with Crippen molar-refractivity contribution >= 4 is 10.0 Å². The number of hydrogen-bond donors (Lipinski definition) is 0. The van der Waals surface area contributed by atoms with Crippen molar-refractivity contribution in [2.75, 3.05) is 7.05 Å². The van der Waals surface area contributed by atoms with Gasteiger partial charge in [0.2, 0.25) is 0 Å². The summed E-state index contributed by atoms with van der Waals surface area (Å²) < 4.78 is 25.9. The fourth-order valence-corrected chi connectivity index (χ4v) is 2.83. The van der Waals surface area contributed by atoms with Crippen molar-refractivity contribution in [1.82, 2.24) is 0 Å². The Labute approximate surface area is 73.1 Å². The summed E-state index contributed by atoms with van der Waals surface area (Å²) in [5.74, 6) is 0. The molecule has 70 valence electrons. The van der Waals surface area contributed by atoms with E-state index in [1.807, 2.05) is 0 Å². The topological polar surface area (TPSA) is 58.9 Å². The van der Waals surface area contributed by atoms with Gasteiger partial charge in [0, 0.05) is 7.05 Å². The van der Waals surface area contributed by atoms with Gasteiger partial charge >= 0.3 is 0 Å². The Morgan fingerprint density at radius 1 is 1.17 bits per heavy atom. The largest absolute Gasteiger partial charge is 0.273 e. The third-order valence-corrected chi connectivity index (χ3v) is 3.87. The summed E-state index contributed by atoms with van der Waals surface area (Å²) in [5, 5.41) is 3.05. The third-order valence-electron chi connectivity index (χ3n) is 2.17. The average molecular weight is 190 g/mol. The Kier molecular flexibility index (Phi) is 3.20. The smallest absolute Gasteiger partial charge is 0.203 e. The molecule has 1 rings (SSSR count). The van der Waals surface area contributed by atoms with E-state index in [-0.39, 0.29) is 5.25 Å². The highest BCUT2D eigenvalue weighted by molar-refractivity contribution is 7.90. The van der Waals surface area contributed by atoms with Crippen molar-refractivity contribution in [1.29, 1.82) is 0 Å². The molecular weight excluding hydrogens is 176 g/mol. The Hall–Kier alpha value is -0.450. The summed E-state index contributed by atoms with van der Waals surface area (Å²) >= 11 is 0. The first-order valence-corrected chi connectivity index (χ1v) is 5.72. The molecule has 0 unspecified atom stereocenters. The van der Waals surface area contributed by atoms with E-state index in [4.69, 9.17) is 0 Å². The summed E-state index contributed by atoms with van der Waals surface area (Å²) in [4.78, 5) is 0. The summed E-state index contributed by atoms with van der Waals surface area (Å²) in [7, 11) is -1.89. The van der Waals surface area contributed by atoms with E-state index in [9.17, 15) is 8.42 Å². The molecule has 0 aromatic carbocycles. The van der Waals surface area contributed by atoms with Gasteiger partial charge in [-0.1, -0.05) is 23.8 Å². The van der Waals surface area contributed by atoms with Crippen molar-refractivity contribution in [3.8, 4) is 0 Å². The van der Waals surface area contributed by atoms with Crippen LogP contribution in [0.3, 0.4) is 0 Å². The first-order chi connectivity index (χ1) is 5.67. The van der Waals surface area contributed by atoms with Crippen molar-refractivity contribution in [3.63, 3.8) is 0 Å². The van der Waals surface area contributed by atoms with E-state index < -0.39 is 10.0 Å². The molecule has 0 aromatic heterocycles. The molecule has 0 atom stereocenters. The highest BCUT2D eigenvalue weighted by atomic mass is 32.2. The van der Waals surface area contributed by atoms with E-state index in [1.165, 1.54) is 7.05 Å². The van der Waals surface area contributed by atoms with Gasteiger partial charge in [-0.3, -0.25) is 0 Å². The zero-order valence-electron chi connectivity index (χ0n) is 7.23. The highest BCUT2D eigenvalue weighted by Crippen LogP contribution is 2.24. The Morgan fingerprint density at radius 3 is 2.25 bits per heavy atom. The van der Waals surface area contributed by atoms with E-state index in [2.05, 4.69) is 9.63 Å². The van der Waals surface area contributed by atoms with Crippen LogP contribution in [-0.4, -0.2) is 20.7 Å². The number of sulfonamides is 1. The molecule has 4 nitrogen and oxygen atoms in total. The fraction of sp³-hybridized carbons (Fsp3) is 1.00. The molecular formula is C7H14N2O2S. The average Bonchev–Trinajstić information content (AvgIpc) is 2.06. The van der Waals surface area contributed by atoms with Crippen LogP contribution in [0, 0.1) is 0 Å². The minimum Gasteiger partial charge on any atom is -0.203 e. The standard InChI is InChI=1S/C7H14N2O2S/c1-8-9-12(10,11)7-5-3-2-4-6-7/h7H,2-6H2,1H3. The highest BCUT2D eigenvalue weighted by Gasteiger charge is 2.26. The van der Waals surface area contributed by atoms with Crippen LogP contribution in [0.2, 0.25) is 0 Å². The third kappa shape index (κ3) is 2.27. The second-order valence-corrected chi connectivity index (χ2v) is 4.92. The van der Waals surface area contributed by atoms with Gasteiger partial charge in [-0.2, -0.15) is 5.11 Å². The van der Waals surface area contributed by atoms with Gasteiger partial charge in [0.05, 0.1) is 5.25 Å². The molecule has 0 amide bonds. The van der Waals surface area contributed by atoms with Gasteiger partial charge in [-0.25, -0.2) is 8.42 Å². The molecule has 0 N–H and O–H groups in total. The lowest BCUT2D eigenvalue weighted by Gasteiger charge is -2.18. The quantitative estimate of drug-likeness (QED) is 0.622.